The minimum absolute atomic E-state index is 0.00179. The lowest BCUT2D eigenvalue weighted by Crippen LogP contribution is -2.38. The number of hydrogen-bond donors (Lipinski definition) is 1. The molecule has 0 unspecified atom stereocenters. The van der Waals surface area contributed by atoms with Crippen LogP contribution in [0, 0.1) is 0 Å². The molecule has 1 aromatic heterocycles. The van der Waals surface area contributed by atoms with E-state index in [0.717, 1.165) is 19.3 Å². The molecule has 0 atom stereocenters. The van der Waals surface area contributed by atoms with Crippen molar-refractivity contribution in [2.24, 2.45) is 5.73 Å². The molecule has 0 radical (unpaired) electrons. The van der Waals surface area contributed by atoms with E-state index < -0.39 is 5.91 Å². The third-order valence-electron chi connectivity index (χ3n) is 2.64. The van der Waals surface area contributed by atoms with Crippen molar-refractivity contribution in [2.45, 2.75) is 33.1 Å². The Morgan fingerprint density at radius 3 is 2.56 bits per heavy atom. The Morgan fingerprint density at radius 1 is 1.33 bits per heavy atom. The van der Waals surface area contributed by atoms with Gasteiger partial charge in [-0.15, -0.1) is 11.3 Å². The fourth-order valence-corrected chi connectivity index (χ4v) is 2.54. The van der Waals surface area contributed by atoms with Crippen molar-refractivity contribution >= 4 is 23.2 Å². The number of primary amides is 1. The molecule has 0 saturated carbocycles. The molecule has 0 fully saturated rings. The number of nitrogens with two attached hydrogens (primary N) is 1. The van der Waals surface area contributed by atoms with Crippen LogP contribution in [0.5, 0.6) is 0 Å². The van der Waals surface area contributed by atoms with E-state index in [4.69, 9.17) is 5.73 Å². The molecule has 2 amide bonds. The lowest BCUT2D eigenvalue weighted by atomic mass is 10.3. The summed E-state index contributed by atoms with van der Waals surface area (Å²) >= 11 is 1.49. The highest BCUT2D eigenvalue weighted by atomic mass is 32.1. The number of nitrogens with zero attached hydrogens (tertiary/aromatic N) is 1. The van der Waals surface area contributed by atoms with Gasteiger partial charge in [0.25, 0.3) is 5.91 Å². The lowest BCUT2D eigenvalue weighted by molar-refractivity contribution is -0.118. The van der Waals surface area contributed by atoms with Gasteiger partial charge in [-0.25, -0.2) is 0 Å². The fourth-order valence-electron chi connectivity index (χ4n) is 1.63. The molecule has 1 aromatic rings. The fraction of sp³-hybridized carbons (Fsp3) is 0.538. The van der Waals surface area contributed by atoms with Gasteiger partial charge in [0.1, 0.15) is 0 Å². The summed E-state index contributed by atoms with van der Waals surface area (Å²) in [6.07, 6.45) is 2.78. The maximum absolute atomic E-state index is 12.2. The molecule has 0 bridgehead atoms. The van der Waals surface area contributed by atoms with Gasteiger partial charge >= 0.3 is 0 Å². The number of carbonyl (C=O) groups excluding carboxylic acids is 2. The average Bonchev–Trinajstić information content (AvgIpc) is 2.81. The van der Waals surface area contributed by atoms with E-state index in [1.54, 1.807) is 0 Å². The van der Waals surface area contributed by atoms with Gasteiger partial charge in [0.15, 0.2) is 0 Å². The van der Waals surface area contributed by atoms with E-state index in [1.165, 1.54) is 21.1 Å². The standard InChI is InChI=1S/C13H20N2O2S/c1-3-5-8-15(9-12(14)16)13(17)11-7-6-10(4-2)18-11/h6-7H,3-5,8-9H2,1-2H3,(H2,14,16). The summed E-state index contributed by atoms with van der Waals surface area (Å²) in [5.74, 6) is -0.557. The second kappa shape index (κ2) is 7.16. The lowest BCUT2D eigenvalue weighted by Gasteiger charge is -2.20. The van der Waals surface area contributed by atoms with Crippen molar-refractivity contribution < 1.29 is 9.59 Å². The second-order valence-corrected chi connectivity index (χ2v) is 5.33. The van der Waals surface area contributed by atoms with E-state index in [-0.39, 0.29) is 12.5 Å². The van der Waals surface area contributed by atoms with Gasteiger partial charge in [0.05, 0.1) is 11.4 Å². The summed E-state index contributed by atoms with van der Waals surface area (Å²) in [5.41, 5.74) is 5.18. The highest BCUT2D eigenvalue weighted by Gasteiger charge is 2.18. The maximum atomic E-state index is 12.2. The van der Waals surface area contributed by atoms with Crippen LogP contribution in [0.2, 0.25) is 0 Å². The molecule has 0 saturated heterocycles. The smallest absolute Gasteiger partial charge is 0.264 e. The first-order valence-electron chi connectivity index (χ1n) is 6.24. The molecule has 1 rings (SSSR count). The quantitative estimate of drug-likeness (QED) is 0.822. The Balaban J connectivity index is 2.76. The van der Waals surface area contributed by atoms with Crippen LogP contribution in [-0.2, 0) is 11.2 Å². The molecule has 2 N–H and O–H groups in total. The van der Waals surface area contributed by atoms with Crippen molar-refractivity contribution in [1.29, 1.82) is 0 Å². The van der Waals surface area contributed by atoms with Gasteiger partial charge in [-0.05, 0) is 25.0 Å². The third kappa shape index (κ3) is 4.14. The van der Waals surface area contributed by atoms with Crippen LogP contribution in [0.25, 0.3) is 0 Å². The van der Waals surface area contributed by atoms with Gasteiger partial charge in [-0.2, -0.15) is 0 Å². The van der Waals surface area contributed by atoms with Crippen LogP contribution in [0.3, 0.4) is 0 Å². The minimum Gasteiger partial charge on any atom is -0.368 e. The first-order chi connectivity index (χ1) is 8.58. The number of carbonyl (C=O) groups is 2. The zero-order valence-electron chi connectivity index (χ0n) is 10.9. The predicted molar refractivity (Wildman–Crippen MR) is 73.7 cm³/mol. The van der Waals surface area contributed by atoms with E-state index in [2.05, 4.69) is 6.92 Å². The van der Waals surface area contributed by atoms with Crippen molar-refractivity contribution in [3.63, 3.8) is 0 Å². The van der Waals surface area contributed by atoms with Gasteiger partial charge < -0.3 is 10.6 Å². The van der Waals surface area contributed by atoms with Crippen LogP contribution < -0.4 is 5.73 Å². The number of aryl methyl sites for hydroxylation is 1. The molecule has 0 spiro atoms. The monoisotopic (exact) mass is 268 g/mol. The van der Waals surface area contributed by atoms with Crippen LogP contribution in [0.15, 0.2) is 12.1 Å². The van der Waals surface area contributed by atoms with Gasteiger partial charge in [-0.1, -0.05) is 20.3 Å². The molecule has 0 aromatic carbocycles. The van der Waals surface area contributed by atoms with E-state index in [1.807, 2.05) is 19.1 Å². The maximum Gasteiger partial charge on any atom is 0.264 e. The molecule has 100 valence electrons. The summed E-state index contributed by atoms with van der Waals surface area (Å²) in [6.45, 7) is 4.68. The molecular formula is C13H20N2O2S. The van der Waals surface area contributed by atoms with Crippen LogP contribution in [0.1, 0.15) is 41.2 Å². The zero-order valence-corrected chi connectivity index (χ0v) is 11.8. The highest BCUT2D eigenvalue weighted by Crippen LogP contribution is 2.19. The third-order valence-corrected chi connectivity index (χ3v) is 3.85. The molecule has 0 aliphatic rings. The van der Waals surface area contributed by atoms with E-state index in [0.29, 0.717) is 11.4 Å². The van der Waals surface area contributed by atoms with Crippen molar-refractivity contribution in [1.82, 2.24) is 4.90 Å². The largest absolute Gasteiger partial charge is 0.368 e. The molecule has 4 nitrogen and oxygen atoms in total. The Hall–Kier alpha value is -1.36. The highest BCUT2D eigenvalue weighted by molar-refractivity contribution is 7.14. The van der Waals surface area contributed by atoms with Crippen molar-refractivity contribution in [3.8, 4) is 0 Å². The molecule has 1 heterocycles. The van der Waals surface area contributed by atoms with Crippen molar-refractivity contribution in [2.75, 3.05) is 13.1 Å². The zero-order chi connectivity index (χ0) is 13.5. The first kappa shape index (κ1) is 14.7. The second-order valence-electron chi connectivity index (χ2n) is 4.17. The number of rotatable bonds is 7. The Morgan fingerprint density at radius 2 is 2.06 bits per heavy atom. The van der Waals surface area contributed by atoms with Crippen LogP contribution in [0.4, 0.5) is 0 Å². The Bertz CT molecular complexity index is 415. The van der Waals surface area contributed by atoms with Crippen LogP contribution in [-0.4, -0.2) is 29.8 Å². The first-order valence-corrected chi connectivity index (χ1v) is 7.06. The molecular weight excluding hydrogens is 248 g/mol. The van der Waals surface area contributed by atoms with Crippen LogP contribution >= 0.6 is 11.3 Å². The summed E-state index contributed by atoms with van der Waals surface area (Å²) in [4.78, 5) is 26.6. The molecule has 18 heavy (non-hydrogen) atoms. The normalized spacial score (nSPS) is 10.3. The van der Waals surface area contributed by atoms with E-state index in [9.17, 15) is 9.59 Å². The summed E-state index contributed by atoms with van der Waals surface area (Å²) < 4.78 is 0. The van der Waals surface area contributed by atoms with Crippen molar-refractivity contribution in [3.05, 3.63) is 21.9 Å². The SMILES string of the molecule is CCCCN(CC(N)=O)C(=O)c1ccc(CC)s1. The summed E-state index contributed by atoms with van der Waals surface area (Å²) in [7, 11) is 0. The molecule has 5 heteroatoms. The number of unbranched alkanes of at least 4 members (excludes halogenated alkanes) is 1. The van der Waals surface area contributed by atoms with Gasteiger partial charge in [0.2, 0.25) is 5.91 Å². The summed E-state index contributed by atoms with van der Waals surface area (Å²) in [5, 5.41) is 0. The molecule has 0 aliphatic heterocycles. The average molecular weight is 268 g/mol. The summed E-state index contributed by atoms with van der Waals surface area (Å²) in [6, 6.07) is 3.78. The molecule has 0 aliphatic carbocycles. The minimum atomic E-state index is -0.466. The number of amides is 2. The van der Waals surface area contributed by atoms with Gasteiger partial charge in [-0.3, -0.25) is 9.59 Å². The predicted octanol–water partition coefficient (Wildman–Crippen LogP) is 2.04. The Labute approximate surface area is 112 Å². The van der Waals surface area contributed by atoms with E-state index >= 15 is 0 Å². The Kier molecular flexibility index (Phi) is 5.85. The number of hydrogen-bond acceptors (Lipinski definition) is 3. The number of thiophene rings is 1. The van der Waals surface area contributed by atoms with Gasteiger partial charge in [0, 0.05) is 11.4 Å². The topological polar surface area (TPSA) is 63.4 Å².